The maximum atomic E-state index is 13.3. The van der Waals surface area contributed by atoms with Gasteiger partial charge in [0.05, 0.1) is 18.0 Å². The molecular weight excluding hydrogens is 396 g/mol. The van der Waals surface area contributed by atoms with E-state index < -0.39 is 16.1 Å². The van der Waals surface area contributed by atoms with E-state index in [9.17, 15) is 13.2 Å². The molecule has 5 nitrogen and oxygen atoms in total. The van der Waals surface area contributed by atoms with Gasteiger partial charge in [-0.3, -0.25) is 9.10 Å². The molecule has 6 heteroatoms. The first kappa shape index (κ1) is 23.9. The van der Waals surface area contributed by atoms with Crippen LogP contribution in [0.3, 0.4) is 0 Å². The van der Waals surface area contributed by atoms with Crippen molar-refractivity contribution in [2.75, 3.05) is 10.6 Å². The van der Waals surface area contributed by atoms with Gasteiger partial charge in [0.25, 0.3) is 0 Å². The van der Waals surface area contributed by atoms with Crippen molar-refractivity contribution in [2.24, 2.45) is 0 Å². The van der Waals surface area contributed by atoms with Crippen molar-refractivity contribution >= 4 is 21.6 Å². The molecule has 2 atom stereocenters. The monoisotopic (exact) mass is 430 g/mol. The highest BCUT2D eigenvalue weighted by Crippen LogP contribution is 2.28. The fourth-order valence-electron chi connectivity index (χ4n) is 3.83. The second kappa shape index (κ2) is 9.21. The predicted molar refractivity (Wildman–Crippen MR) is 125 cm³/mol. The van der Waals surface area contributed by atoms with Crippen molar-refractivity contribution in [1.82, 2.24) is 5.32 Å². The maximum Gasteiger partial charge on any atom is 0.244 e. The first-order valence-electron chi connectivity index (χ1n) is 10.3. The van der Waals surface area contributed by atoms with Gasteiger partial charge in [-0.15, -0.1) is 0 Å². The van der Waals surface area contributed by atoms with E-state index in [1.807, 2.05) is 59.7 Å². The molecule has 1 N–H and O–H groups in total. The summed E-state index contributed by atoms with van der Waals surface area (Å²) in [6.07, 6.45) is 1.52. The average molecular weight is 431 g/mol. The van der Waals surface area contributed by atoms with Gasteiger partial charge in [0.15, 0.2) is 0 Å². The van der Waals surface area contributed by atoms with Crippen LogP contribution in [0.5, 0.6) is 0 Å². The number of hydrogen-bond donors (Lipinski definition) is 1. The summed E-state index contributed by atoms with van der Waals surface area (Å²) in [6, 6.07) is 8.79. The highest BCUT2D eigenvalue weighted by molar-refractivity contribution is 7.92. The summed E-state index contributed by atoms with van der Waals surface area (Å²) in [5.41, 5.74) is 6.83. The zero-order valence-electron chi connectivity index (χ0n) is 19.3. The molecule has 0 aliphatic rings. The van der Waals surface area contributed by atoms with Gasteiger partial charge in [-0.1, -0.05) is 31.2 Å². The first-order valence-corrected chi connectivity index (χ1v) is 12.2. The summed E-state index contributed by atoms with van der Waals surface area (Å²) in [6.45, 7) is 13.7. The van der Waals surface area contributed by atoms with Crippen LogP contribution in [0.2, 0.25) is 0 Å². The average Bonchev–Trinajstić information content (AvgIpc) is 2.63. The summed E-state index contributed by atoms with van der Waals surface area (Å²) in [4.78, 5) is 13.3. The SMILES string of the molecule is CCC(C(=O)NC(C)c1cc(C)c(C)cc1C)N(c1cc(C)ccc1C)S(C)(=O)=O. The number of aryl methyl sites for hydroxylation is 5. The van der Waals surface area contributed by atoms with E-state index in [1.54, 1.807) is 0 Å². The number of nitrogens with zero attached hydrogens (tertiary/aromatic N) is 1. The van der Waals surface area contributed by atoms with E-state index in [1.165, 1.54) is 9.87 Å². The summed E-state index contributed by atoms with van der Waals surface area (Å²) in [5, 5.41) is 3.05. The Morgan fingerprint density at radius 2 is 1.57 bits per heavy atom. The highest BCUT2D eigenvalue weighted by Gasteiger charge is 2.33. The van der Waals surface area contributed by atoms with Crippen molar-refractivity contribution in [3.05, 3.63) is 63.7 Å². The lowest BCUT2D eigenvalue weighted by Gasteiger charge is -2.32. The van der Waals surface area contributed by atoms with Crippen LogP contribution in [0, 0.1) is 34.6 Å². The van der Waals surface area contributed by atoms with E-state index in [2.05, 4.69) is 24.4 Å². The van der Waals surface area contributed by atoms with Crippen LogP contribution in [0.1, 0.15) is 59.7 Å². The lowest BCUT2D eigenvalue weighted by molar-refractivity contribution is -0.122. The van der Waals surface area contributed by atoms with Crippen LogP contribution in [0.15, 0.2) is 30.3 Å². The predicted octanol–water partition coefficient (Wildman–Crippen LogP) is 4.65. The Kier molecular flexibility index (Phi) is 7.35. The molecule has 0 aromatic heterocycles. The maximum absolute atomic E-state index is 13.3. The minimum Gasteiger partial charge on any atom is -0.348 e. The third-order valence-corrected chi connectivity index (χ3v) is 6.81. The standard InChI is InChI=1S/C24H34N2O3S/c1-9-22(26(30(8,28)29)23-12-15(2)10-11-16(23)3)24(27)25-20(7)21-14-18(5)17(4)13-19(21)6/h10-14,20,22H,9H2,1-8H3,(H,25,27). The van der Waals surface area contributed by atoms with Gasteiger partial charge in [0.1, 0.15) is 6.04 Å². The molecule has 2 aromatic carbocycles. The number of carbonyl (C=O) groups is 1. The van der Waals surface area contributed by atoms with Crippen molar-refractivity contribution in [1.29, 1.82) is 0 Å². The number of benzene rings is 2. The third kappa shape index (κ3) is 5.22. The number of anilines is 1. The van der Waals surface area contributed by atoms with E-state index in [0.29, 0.717) is 12.1 Å². The number of sulfonamides is 1. The lowest BCUT2D eigenvalue weighted by Crippen LogP contribution is -2.50. The molecule has 2 rings (SSSR count). The van der Waals surface area contributed by atoms with E-state index in [-0.39, 0.29) is 11.9 Å². The smallest absolute Gasteiger partial charge is 0.244 e. The molecule has 0 fully saturated rings. The van der Waals surface area contributed by atoms with Crippen molar-refractivity contribution in [2.45, 2.75) is 67.0 Å². The Morgan fingerprint density at radius 3 is 2.13 bits per heavy atom. The second-order valence-electron chi connectivity index (χ2n) is 8.30. The van der Waals surface area contributed by atoms with Crippen LogP contribution >= 0.6 is 0 Å². The van der Waals surface area contributed by atoms with Crippen molar-refractivity contribution in [3.63, 3.8) is 0 Å². The van der Waals surface area contributed by atoms with Gasteiger partial charge in [-0.05, 0) is 87.4 Å². The minimum absolute atomic E-state index is 0.231. The topological polar surface area (TPSA) is 66.5 Å². The van der Waals surface area contributed by atoms with E-state index in [4.69, 9.17) is 0 Å². The Morgan fingerprint density at radius 1 is 0.967 bits per heavy atom. The number of hydrogen-bond acceptors (Lipinski definition) is 3. The number of nitrogens with one attached hydrogen (secondary N) is 1. The van der Waals surface area contributed by atoms with Gasteiger partial charge >= 0.3 is 0 Å². The fraction of sp³-hybridized carbons (Fsp3) is 0.458. The molecule has 2 aromatic rings. The Labute approximate surface area is 181 Å². The van der Waals surface area contributed by atoms with Gasteiger partial charge in [-0.2, -0.15) is 0 Å². The van der Waals surface area contributed by atoms with Crippen LogP contribution in [-0.4, -0.2) is 26.6 Å². The van der Waals surface area contributed by atoms with E-state index in [0.717, 1.165) is 34.1 Å². The Balaban J connectivity index is 2.41. The fourth-order valence-corrected chi connectivity index (χ4v) is 5.09. The van der Waals surface area contributed by atoms with Gasteiger partial charge in [0, 0.05) is 0 Å². The molecule has 0 heterocycles. The number of amides is 1. The second-order valence-corrected chi connectivity index (χ2v) is 10.2. The summed E-state index contributed by atoms with van der Waals surface area (Å²) >= 11 is 0. The molecule has 0 radical (unpaired) electrons. The van der Waals surface area contributed by atoms with Crippen LogP contribution < -0.4 is 9.62 Å². The van der Waals surface area contributed by atoms with Crippen LogP contribution in [0.4, 0.5) is 5.69 Å². The molecule has 0 saturated carbocycles. The van der Waals surface area contributed by atoms with Gasteiger partial charge < -0.3 is 5.32 Å². The van der Waals surface area contributed by atoms with Crippen molar-refractivity contribution in [3.8, 4) is 0 Å². The van der Waals surface area contributed by atoms with Gasteiger partial charge in [0.2, 0.25) is 15.9 Å². The van der Waals surface area contributed by atoms with Crippen molar-refractivity contribution < 1.29 is 13.2 Å². The third-order valence-electron chi connectivity index (χ3n) is 5.64. The first-order chi connectivity index (χ1) is 13.9. The molecule has 30 heavy (non-hydrogen) atoms. The molecule has 1 amide bonds. The highest BCUT2D eigenvalue weighted by atomic mass is 32.2. The molecule has 0 saturated heterocycles. The quantitative estimate of drug-likeness (QED) is 0.695. The lowest BCUT2D eigenvalue weighted by atomic mass is 9.96. The molecule has 164 valence electrons. The molecule has 2 unspecified atom stereocenters. The van der Waals surface area contributed by atoms with Gasteiger partial charge in [-0.25, -0.2) is 8.42 Å². The summed E-state index contributed by atoms with van der Waals surface area (Å²) in [7, 11) is -3.66. The molecule has 0 bridgehead atoms. The molecule has 0 aliphatic heterocycles. The van der Waals surface area contributed by atoms with Crippen LogP contribution in [0.25, 0.3) is 0 Å². The molecular formula is C24H34N2O3S. The Hall–Kier alpha value is -2.34. The summed E-state index contributed by atoms with van der Waals surface area (Å²) < 4.78 is 26.7. The molecule has 0 spiro atoms. The van der Waals surface area contributed by atoms with Crippen LogP contribution in [-0.2, 0) is 14.8 Å². The minimum atomic E-state index is -3.66. The van der Waals surface area contributed by atoms with E-state index >= 15 is 0 Å². The normalized spacial score (nSPS) is 13.6. The summed E-state index contributed by atoms with van der Waals surface area (Å²) in [5.74, 6) is -0.297. The number of rotatable bonds is 7. The molecule has 0 aliphatic carbocycles. The zero-order chi connectivity index (χ0) is 22.8. The zero-order valence-corrected chi connectivity index (χ0v) is 20.1. The largest absolute Gasteiger partial charge is 0.348 e. The Bertz CT molecular complexity index is 1040. The number of carbonyl (C=O) groups excluding carboxylic acids is 1.